The van der Waals surface area contributed by atoms with Crippen LogP contribution in [0.2, 0.25) is 16.6 Å². The summed E-state index contributed by atoms with van der Waals surface area (Å²) in [6.45, 7) is 11.9. The van der Waals surface area contributed by atoms with Crippen LogP contribution >= 0.6 is 0 Å². The molecule has 2 rings (SSSR count). The van der Waals surface area contributed by atoms with Gasteiger partial charge < -0.3 is 19.4 Å². The molecule has 39 heavy (non-hydrogen) atoms. The van der Waals surface area contributed by atoms with E-state index in [4.69, 9.17) is 4.43 Å². The summed E-state index contributed by atoms with van der Waals surface area (Å²) in [5.41, 5.74) is -1.38. The first-order valence-corrected chi connectivity index (χ1v) is 15.1. The molecule has 0 aromatic heterocycles. The molecular weight excluding hydrogens is 526 g/mol. The van der Waals surface area contributed by atoms with E-state index >= 15 is 8.78 Å². The number of rotatable bonds is 13. The van der Waals surface area contributed by atoms with E-state index in [0.29, 0.717) is 5.56 Å². The number of carboxylic acid groups (broad SMARTS) is 2. The lowest BCUT2D eigenvalue weighted by atomic mass is 9.77. The molecule has 0 aliphatic rings. The number of hydrogen-bond acceptors (Lipinski definition) is 5. The quantitative estimate of drug-likeness (QED) is 0.159. The molecule has 0 unspecified atom stereocenters. The van der Waals surface area contributed by atoms with Gasteiger partial charge in [-0.25, -0.2) is 13.6 Å². The highest BCUT2D eigenvalue weighted by atomic mass is 28.4. The minimum absolute atomic E-state index is 0.0392. The molecule has 214 valence electrons. The summed E-state index contributed by atoms with van der Waals surface area (Å²) in [4.78, 5) is 36.2. The van der Waals surface area contributed by atoms with Crippen molar-refractivity contribution in [1.82, 2.24) is 0 Å². The number of methoxy groups -OCH3 is 1. The Labute approximate surface area is 229 Å². The van der Waals surface area contributed by atoms with Crippen LogP contribution < -0.4 is 4.43 Å². The molecule has 2 aromatic rings. The van der Waals surface area contributed by atoms with Gasteiger partial charge in [0.15, 0.2) is 22.8 Å². The third-order valence-corrected chi connectivity index (χ3v) is 13.6. The van der Waals surface area contributed by atoms with E-state index in [1.807, 2.05) is 41.5 Å². The van der Waals surface area contributed by atoms with Crippen molar-refractivity contribution in [3.05, 3.63) is 64.7 Å². The van der Waals surface area contributed by atoms with Gasteiger partial charge in [-0.05, 0) is 71.3 Å². The summed E-state index contributed by atoms with van der Waals surface area (Å²) in [6, 6.07) is 8.04. The average Bonchev–Trinajstić information content (AvgIpc) is 2.85. The lowest BCUT2D eigenvalue weighted by Crippen LogP contribution is -2.51. The summed E-state index contributed by atoms with van der Waals surface area (Å²) in [5.74, 6) is -6.28. The topological polar surface area (TPSA) is 110 Å². The van der Waals surface area contributed by atoms with Crippen LogP contribution in [0.25, 0.3) is 0 Å². The van der Waals surface area contributed by atoms with Gasteiger partial charge in [0.25, 0.3) is 8.32 Å². The zero-order valence-electron chi connectivity index (χ0n) is 23.5. The molecule has 0 aliphatic heterocycles. The number of carboxylic acids is 2. The van der Waals surface area contributed by atoms with Gasteiger partial charge in [-0.3, -0.25) is 9.59 Å². The minimum Gasteiger partial charge on any atom is -0.539 e. The van der Waals surface area contributed by atoms with Crippen molar-refractivity contribution in [2.45, 2.75) is 77.4 Å². The number of carbonyl (C=O) groups excluding carboxylic acids is 1. The van der Waals surface area contributed by atoms with E-state index in [-0.39, 0.29) is 40.6 Å². The molecular formula is C29H38F2O7Si. The first-order valence-electron chi connectivity index (χ1n) is 12.9. The van der Waals surface area contributed by atoms with Crippen molar-refractivity contribution in [2.24, 2.45) is 5.41 Å². The minimum atomic E-state index is -2.69. The second-order valence-electron chi connectivity index (χ2n) is 10.9. The molecule has 10 heteroatoms. The Morgan fingerprint density at radius 3 is 1.69 bits per heavy atom. The highest BCUT2D eigenvalue weighted by molar-refractivity contribution is 6.78. The molecule has 0 bridgehead atoms. The van der Waals surface area contributed by atoms with Crippen LogP contribution in [0.4, 0.5) is 8.78 Å². The van der Waals surface area contributed by atoms with Crippen molar-refractivity contribution < 1.29 is 42.5 Å². The van der Waals surface area contributed by atoms with E-state index < -0.39 is 55.4 Å². The Hall–Kier alpha value is -3.27. The molecule has 2 N–H and O–H groups in total. The summed E-state index contributed by atoms with van der Waals surface area (Å²) in [6.07, 6.45) is -0.939. The largest absolute Gasteiger partial charge is 0.539 e. The molecule has 0 fully saturated rings. The van der Waals surface area contributed by atoms with Gasteiger partial charge in [-0.15, -0.1) is 0 Å². The van der Waals surface area contributed by atoms with Crippen LogP contribution in [0, 0.1) is 17.0 Å². The number of aryl methyl sites for hydroxylation is 1. The first kappa shape index (κ1) is 31.9. The van der Waals surface area contributed by atoms with Crippen LogP contribution in [0.1, 0.15) is 69.4 Å². The van der Waals surface area contributed by atoms with Crippen molar-refractivity contribution in [3.8, 4) is 5.75 Å². The second kappa shape index (κ2) is 12.7. The predicted octanol–water partition coefficient (Wildman–Crippen LogP) is 6.64. The summed E-state index contributed by atoms with van der Waals surface area (Å²) >= 11 is 0. The van der Waals surface area contributed by atoms with Crippen LogP contribution in [0.5, 0.6) is 5.75 Å². The fourth-order valence-electron chi connectivity index (χ4n) is 5.52. The normalized spacial score (nSPS) is 12.2. The summed E-state index contributed by atoms with van der Waals surface area (Å²) < 4.78 is 41.5. The Morgan fingerprint density at radius 1 is 0.846 bits per heavy atom. The first-order chi connectivity index (χ1) is 18.1. The van der Waals surface area contributed by atoms with Gasteiger partial charge in [0.05, 0.1) is 12.7 Å². The van der Waals surface area contributed by atoms with Gasteiger partial charge in [0.1, 0.15) is 0 Å². The van der Waals surface area contributed by atoms with Gasteiger partial charge in [0.2, 0.25) is 0 Å². The highest BCUT2D eigenvalue weighted by Crippen LogP contribution is 2.44. The Morgan fingerprint density at radius 2 is 1.31 bits per heavy atom. The molecule has 0 aliphatic carbocycles. The highest BCUT2D eigenvalue weighted by Gasteiger charge is 2.49. The monoisotopic (exact) mass is 564 g/mol. The third-order valence-electron chi connectivity index (χ3n) is 7.58. The number of esters is 1. The third kappa shape index (κ3) is 6.66. The standard InChI is InChI=1S/C29H38F2O7Si/c1-17(2)39(18(3)4,19(5)6)38-25-23(30)14-21(15-24(25)31)16-29(27(33)34,28(35)36)13-12-20-8-10-22(11-9-20)26(32)37-7/h8-11,14-15,17-19H,12-13,16H2,1-7H3,(H,33,34)(H,35,36). The molecule has 0 amide bonds. The number of benzene rings is 2. The maximum absolute atomic E-state index is 15.3. The van der Waals surface area contributed by atoms with Gasteiger partial charge in [-0.1, -0.05) is 53.7 Å². The molecule has 0 spiro atoms. The average molecular weight is 565 g/mol. The Kier molecular flexibility index (Phi) is 10.4. The van der Waals surface area contributed by atoms with Gasteiger partial charge in [0, 0.05) is 0 Å². The second-order valence-corrected chi connectivity index (χ2v) is 16.2. The lowest BCUT2D eigenvalue weighted by Gasteiger charge is -2.42. The molecule has 0 radical (unpaired) electrons. The van der Waals surface area contributed by atoms with Gasteiger partial charge in [-0.2, -0.15) is 0 Å². The number of aliphatic carboxylic acids is 2. The van der Waals surface area contributed by atoms with Crippen molar-refractivity contribution in [3.63, 3.8) is 0 Å². The van der Waals surface area contributed by atoms with Gasteiger partial charge >= 0.3 is 17.9 Å². The molecule has 2 aromatic carbocycles. The van der Waals surface area contributed by atoms with Crippen molar-refractivity contribution in [1.29, 1.82) is 0 Å². The van der Waals surface area contributed by atoms with E-state index in [1.54, 1.807) is 12.1 Å². The SMILES string of the molecule is COC(=O)c1ccc(CCC(Cc2cc(F)c(O[Si](C(C)C)(C(C)C)C(C)C)c(F)c2)(C(=O)O)C(=O)O)cc1. The smallest absolute Gasteiger partial charge is 0.337 e. The molecule has 0 saturated heterocycles. The maximum Gasteiger partial charge on any atom is 0.337 e. The van der Waals surface area contributed by atoms with E-state index in [2.05, 4.69) is 4.74 Å². The predicted molar refractivity (Wildman–Crippen MR) is 146 cm³/mol. The molecule has 7 nitrogen and oxygen atoms in total. The van der Waals surface area contributed by atoms with E-state index in [9.17, 15) is 24.6 Å². The Balaban J connectivity index is 2.41. The molecule has 0 atom stereocenters. The molecule has 0 saturated carbocycles. The van der Waals surface area contributed by atoms with E-state index in [1.165, 1.54) is 19.2 Å². The van der Waals surface area contributed by atoms with E-state index in [0.717, 1.165) is 12.1 Å². The summed E-state index contributed by atoms with van der Waals surface area (Å²) in [7, 11) is -1.45. The number of ether oxygens (including phenoxy) is 1. The van der Waals surface area contributed by atoms with Crippen LogP contribution in [-0.4, -0.2) is 43.5 Å². The lowest BCUT2D eigenvalue weighted by molar-refractivity contribution is -0.165. The fraction of sp³-hybridized carbons (Fsp3) is 0.483. The zero-order chi connectivity index (χ0) is 29.7. The number of carbonyl (C=O) groups is 3. The Bertz CT molecular complexity index is 1130. The van der Waals surface area contributed by atoms with Crippen molar-refractivity contribution >= 4 is 26.2 Å². The van der Waals surface area contributed by atoms with Crippen LogP contribution in [-0.2, 0) is 27.2 Å². The molecule has 0 heterocycles. The maximum atomic E-state index is 15.3. The van der Waals surface area contributed by atoms with Crippen LogP contribution in [0.3, 0.4) is 0 Å². The van der Waals surface area contributed by atoms with Crippen molar-refractivity contribution in [2.75, 3.05) is 7.11 Å². The number of hydrogen-bond donors (Lipinski definition) is 2. The fourth-order valence-corrected chi connectivity index (χ4v) is 10.8. The van der Waals surface area contributed by atoms with Crippen LogP contribution in [0.15, 0.2) is 36.4 Å². The zero-order valence-corrected chi connectivity index (χ0v) is 24.5. The number of halogens is 2. The summed E-state index contributed by atoms with van der Waals surface area (Å²) in [5, 5.41) is 19.9.